The van der Waals surface area contributed by atoms with Gasteiger partial charge in [-0.25, -0.2) is 0 Å². The van der Waals surface area contributed by atoms with E-state index in [4.69, 9.17) is 16.3 Å². The summed E-state index contributed by atoms with van der Waals surface area (Å²) in [6.07, 6.45) is 3.80. The first-order valence-electron chi connectivity index (χ1n) is 13.4. The van der Waals surface area contributed by atoms with Crippen LogP contribution < -0.4 is 10.1 Å². The molecule has 4 aromatic rings. The molecule has 1 saturated heterocycles. The number of nitrogens with zero attached hydrogens (tertiary/aromatic N) is 1. The van der Waals surface area contributed by atoms with Gasteiger partial charge in [-0.1, -0.05) is 66.2 Å². The van der Waals surface area contributed by atoms with Crippen LogP contribution in [-0.2, 0) is 10.2 Å². The van der Waals surface area contributed by atoms with E-state index in [1.165, 1.54) is 7.11 Å². The Hall–Kier alpha value is -4.68. The van der Waals surface area contributed by atoms with Crippen LogP contribution in [0.2, 0.25) is 5.02 Å². The number of nitrogens with one attached hydrogen (secondary N) is 1. The maximum Gasteiger partial charge on any atom is 0.238 e. The third kappa shape index (κ3) is 3.60. The predicted molar refractivity (Wildman–Crippen MR) is 157 cm³/mol. The summed E-state index contributed by atoms with van der Waals surface area (Å²) in [5.41, 5.74) is 2.58. The molecule has 0 radical (unpaired) electrons. The molecule has 0 saturated carbocycles. The van der Waals surface area contributed by atoms with E-state index < -0.39 is 23.4 Å². The summed E-state index contributed by atoms with van der Waals surface area (Å²) < 4.78 is 5.43. The van der Waals surface area contributed by atoms with Crippen LogP contribution in [-0.4, -0.2) is 35.5 Å². The SMILES string of the molecule is COc1cccc(C(=O)[C@@H]2[C@H](C(=O)c3ccc(Cl)cc3)N3C=Cc4ccccc4[C@H]3[C@]23C(=O)Nc2ccccc23)c1. The van der Waals surface area contributed by atoms with Crippen molar-refractivity contribution < 1.29 is 19.1 Å². The van der Waals surface area contributed by atoms with Gasteiger partial charge in [0.15, 0.2) is 11.6 Å². The van der Waals surface area contributed by atoms with Crippen LogP contribution in [0.3, 0.4) is 0 Å². The van der Waals surface area contributed by atoms with E-state index in [0.29, 0.717) is 33.1 Å². The predicted octanol–water partition coefficient (Wildman–Crippen LogP) is 6.33. The van der Waals surface area contributed by atoms with Crippen LogP contribution in [0, 0.1) is 5.92 Å². The summed E-state index contributed by atoms with van der Waals surface area (Å²) in [4.78, 5) is 45.7. The topological polar surface area (TPSA) is 75.7 Å². The number of benzene rings is 4. The number of amides is 1. The van der Waals surface area contributed by atoms with E-state index in [2.05, 4.69) is 5.32 Å². The molecule has 7 heteroatoms. The number of ketones is 2. The maximum atomic E-state index is 14.8. The molecule has 0 aliphatic carbocycles. The van der Waals surface area contributed by atoms with Gasteiger partial charge < -0.3 is 15.0 Å². The lowest BCUT2D eigenvalue weighted by molar-refractivity contribution is -0.122. The quantitative estimate of drug-likeness (QED) is 0.289. The Morgan fingerprint density at radius 2 is 1.63 bits per heavy atom. The van der Waals surface area contributed by atoms with Gasteiger partial charge in [-0.15, -0.1) is 0 Å². The van der Waals surface area contributed by atoms with Crippen molar-refractivity contribution in [2.75, 3.05) is 12.4 Å². The van der Waals surface area contributed by atoms with Crippen LogP contribution in [0.15, 0.2) is 103 Å². The zero-order valence-corrected chi connectivity index (χ0v) is 22.8. The van der Waals surface area contributed by atoms with Gasteiger partial charge >= 0.3 is 0 Å². The minimum absolute atomic E-state index is 0.258. The van der Waals surface area contributed by atoms with Crippen molar-refractivity contribution in [3.63, 3.8) is 0 Å². The third-order valence-corrected chi connectivity index (χ3v) is 8.86. The largest absolute Gasteiger partial charge is 0.497 e. The van der Waals surface area contributed by atoms with Gasteiger partial charge in [-0.05, 0) is 65.2 Å². The molecule has 1 spiro atoms. The first kappa shape index (κ1) is 25.3. The van der Waals surface area contributed by atoms with E-state index in [9.17, 15) is 14.4 Å². The number of para-hydroxylation sites is 1. The second kappa shape index (κ2) is 9.46. The number of carbonyl (C=O) groups is 3. The van der Waals surface area contributed by atoms with Gasteiger partial charge in [-0.2, -0.15) is 0 Å². The van der Waals surface area contributed by atoms with Crippen LogP contribution in [0.4, 0.5) is 5.69 Å². The number of hydrogen-bond acceptors (Lipinski definition) is 5. The number of ether oxygens (including phenoxy) is 1. The highest BCUT2D eigenvalue weighted by Gasteiger charge is 2.70. The van der Waals surface area contributed by atoms with Gasteiger partial charge in [0.1, 0.15) is 17.2 Å². The molecule has 4 aromatic carbocycles. The normalized spacial score (nSPS) is 23.5. The number of fused-ring (bicyclic) bond motifs is 6. The molecule has 3 heterocycles. The molecule has 0 aromatic heterocycles. The monoisotopic (exact) mass is 560 g/mol. The fraction of sp³-hybridized carbons (Fsp3) is 0.147. The molecule has 1 fully saturated rings. The standard InChI is InChI=1S/C34H25ClN2O4/c1-41-24-9-6-8-22(19-24)30(38)28-29(31(39)21-13-15-23(35)16-14-21)37-18-17-20-7-2-3-10-25(20)32(37)34(28)26-11-4-5-12-27(26)36-33(34)40/h2-19,28-29,32H,1H3,(H,36,40)/t28-,29+,32-,34+/m0/s1. The average molecular weight is 561 g/mol. The van der Waals surface area contributed by atoms with E-state index in [-0.39, 0.29) is 17.5 Å². The summed E-state index contributed by atoms with van der Waals surface area (Å²) in [5.74, 6) is -1.40. The fourth-order valence-electron chi connectivity index (χ4n) is 6.91. The van der Waals surface area contributed by atoms with Crippen molar-refractivity contribution in [3.8, 4) is 5.75 Å². The zero-order valence-electron chi connectivity index (χ0n) is 22.1. The lowest BCUT2D eigenvalue weighted by Gasteiger charge is -2.38. The molecule has 41 heavy (non-hydrogen) atoms. The number of anilines is 1. The van der Waals surface area contributed by atoms with Crippen molar-refractivity contribution in [1.29, 1.82) is 0 Å². The zero-order chi connectivity index (χ0) is 28.3. The Balaban J connectivity index is 1.53. The lowest BCUT2D eigenvalue weighted by atomic mass is 9.62. The number of hydrogen-bond donors (Lipinski definition) is 1. The minimum atomic E-state index is -1.38. The van der Waals surface area contributed by atoms with Crippen molar-refractivity contribution >= 4 is 40.8 Å². The first-order chi connectivity index (χ1) is 19.9. The summed E-state index contributed by atoms with van der Waals surface area (Å²) in [6, 6.07) is 27.3. The van der Waals surface area contributed by atoms with Crippen LogP contribution >= 0.6 is 11.6 Å². The summed E-state index contributed by atoms with van der Waals surface area (Å²) in [7, 11) is 1.54. The minimum Gasteiger partial charge on any atom is -0.497 e. The van der Waals surface area contributed by atoms with Crippen molar-refractivity contribution in [1.82, 2.24) is 4.90 Å². The van der Waals surface area contributed by atoms with E-state index in [1.54, 1.807) is 48.5 Å². The fourth-order valence-corrected chi connectivity index (χ4v) is 7.03. The number of Topliss-reactive ketones (excluding diaryl/α,β-unsaturated/α-hetero) is 2. The van der Waals surface area contributed by atoms with Crippen LogP contribution in [0.1, 0.15) is 43.4 Å². The van der Waals surface area contributed by atoms with E-state index in [0.717, 1.165) is 11.1 Å². The van der Waals surface area contributed by atoms with Crippen molar-refractivity contribution in [2.24, 2.45) is 5.92 Å². The van der Waals surface area contributed by atoms with E-state index in [1.807, 2.05) is 65.7 Å². The second-order valence-corrected chi connectivity index (χ2v) is 11.0. The summed E-state index contributed by atoms with van der Waals surface area (Å²) in [5, 5.41) is 3.57. The number of carbonyl (C=O) groups excluding carboxylic acids is 3. The second-order valence-electron chi connectivity index (χ2n) is 10.6. The molecular formula is C34H25ClN2O4. The molecule has 0 bridgehead atoms. The third-order valence-electron chi connectivity index (χ3n) is 8.60. The summed E-state index contributed by atoms with van der Waals surface area (Å²) in [6.45, 7) is 0. The van der Waals surface area contributed by atoms with Gasteiger partial charge in [0, 0.05) is 28.0 Å². The van der Waals surface area contributed by atoms with Crippen LogP contribution in [0.25, 0.3) is 6.08 Å². The summed E-state index contributed by atoms with van der Waals surface area (Å²) >= 11 is 6.15. The Kier molecular flexibility index (Phi) is 5.84. The van der Waals surface area contributed by atoms with Gasteiger partial charge in [-0.3, -0.25) is 14.4 Å². The average Bonchev–Trinajstić information content (AvgIpc) is 3.49. The van der Waals surface area contributed by atoms with Crippen LogP contribution in [0.5, 0.6) is 5.75 Å². The highest BCUT2D eigenvalue weighted by atomic mass is 35.5. The van der Waals surface area contributed by atoms with E-state index >= 15 is 0 Å². The lowest BCUT2D eigenvalue weighted by Crippen LogP contribution is -2.49. The molecular weight excluding hydrogens is 536 g/mol. The Labute approximate surface area is 242 Å². The van der Waals surface area contributed by atoms with Gasteiger partial charge in [0.05, 0.1) is 19.1 Å². The molecule has 1 amide bonds. The smallest absolute Gasteiger partial charge is 0.238 e. The van der Waals surface area contributed by atoms with Crippen molar-refractivity contribution in [3.05, 3.63) is 136 Å². The van der Waals surface area contributed by atoms with Gasteiger partial charge in [0.2, 0.25) is 5.91 Å². The molecule has 7 rings (SSSR count). The number of halogens is 1. The molecule has 202 valence electrons. The molecule has 6 nitrogen and oxygen atoms in total. The maximum absolute atomic E-state index is 14.8. The molecule has 4 atom stereocenters. The number of methoxy groups -OCH3 is 1. The Morgan fingerprint density at radius 3 is 2.44 bits per heavy atom. The highest BCUT2D eigenvalue weighted by molar-refractivity contribution is 6.30. The van der Waals surface area contributed by atoms with Gasteiger partial charge in [0.25, 0.3) is 0 Å². The molecule has 0 unspecified atom stereocenters. The van der Waals surface area contributed by atoms with Crippen molar-refractivity contribution in [2.45, 2.75) is 17.5 Å². The highest BCUT2D eigenvalue weighted by Crippen LogP contribution is 2.62. The first-order valence-corrected chi connectivity index (χ1v) is 13.8. The Morgan fingerprint density at radius 1 is 0.878 bits per heavy atom. The molecule has 1 N–H and O–H groups in total. The Bertz CT molecular complexity index is 1760. The number of rotatable bonds is 5. The molecule has 3 aliphatic heterocycles. The molecule has 3 aliphatic rings.